The highest BCUT2D eigenvalue weighted by atomic mass is 32.1. The van der Waals surface area contributed by atoms with Gasteiger partial charge in [-0.3, -0.25) is 18.7 Å². The molecular weight excluding hydrogens is 316 g/mol. The highest BCUT2D eigenvalue weighted by Gasteiger charge is 2.14. The van der Waals surface area contributed by atoms with E-state index >= 15 is 0 Å². The van der Waals surface area contributed by atoms with Crippen molar-refractivity contribution >= 4 is 28.3 Å². The molecule has 0 fully saturated rings. The molecule has 3 heterocycles. The first-order valence-electron chi connectivity index (χ1n) is 7.03. The third-order valence-corrected chi connectivity index (χ3v) is 4.59. The molecule has 23 heavy (non-hydrogen) atoms. The van der Waals surface area contributed by atoms with Crippen molar-refractivity contribution in [2.75, 3.05) is 0 Å². The summed E-state index contributed by atoms with van der Waals surface area (Å²) in [5.74, 6) is -0.177. The topological polar surface area (TPSA) is 78.0 Å². The van der Waals surface area contributed by atoms with Crippen LogP contribution in [0.15, 0.2) is 39.4 Å². The molecule has 7 nitrogen and oxygen atoms in total. The number of hydrogen-bond acceptors (Lipinski definition) is 4. The quantitative estimate of drug-likeness (QED) is 0.752. The SMILES string of the molecule is Cn1c(=O)c2ccn(CC(=O)NCc3cccs3)c2n(C)c1=O. The van der Waals surface area contributed by atoms with Gasteiger partial charge in [-0.1, -0.05) is 6.07 Å². The molecule has 0 aliphatic carbocycles. The molecule has 120 valence electrons. The number of hydrogen-bond donors (Lipinski definition) is 1. The normalized spacial score (nSPS) is 11.0. The third-order valence-electron chi connectivity index (χ3n) is 3.71. The highest BCUT2D eigenvalue weighted by molar-refractivity contribution is 7.09. The molecule has 1 amide bonds. The lowest BCUT2D eigenvalue weighted by Crippen LogP contribution is -2.37. The monoisotopic (exact) mass is 332 g/mol. The Labute approximate surface area is 135 Å². The zero-order chi connectivity index (χ0) is 16.6. The van der Waals surface area contributed by atoms with Crippen molar-refractivity contribution in [2.24, 2.45) is 14.1 Å². The summed E-state index contributed by atoms with van der Waals surface area (Å²) in [4.78, 5) is 37.3. The lowest BCUT2D eigenvalue weighted by Gasteiger charge is -2.10. The minimum Gasteiger partial charge on any atom is -0.350 e. The molecule has 8 heteroatoms. The summed E-state index contributed by atoms with van der Waals surface area (Å²) in [5.41, 5.74) is -0.327. The fourth-order valence-electron chi connectivity index (χ4n) is 2.52. The summed E-state index contributed by atoms with van der Waals surface area (Å²) in [6, 6.07) is 5.50. The van der Waals surface area contributed by atoms with E-state index in [-0.39, 0.29) is 18.0 Å². The molecule has 3 rings (SSSR count). The summed E-state index contributed by atoms with van der Waals surface area (Å²) in [6.45, 7) is 0.520. The van der Waals surface area contributed by atoms with Gasteiger partial charge in [-0.15, -0.1) is 11.3 Å². The van der Waals surface area contributed by atoms with Gasteiger partial charge in [0, 0.05) is 25.2 Å². The molecule has 0 spiro atoms. The lowest BCUT2D eigenvalue weighted by atomic mass is 10.4. The van der Waals surface area contributed by atoms with Gasteiger partial charge in [-0.25, -0.2) is 4.79 Å². The summed E-state index contributed by atoms with van der Waals surface area (Å²) in [6.07, 6.45) is 1.65. The Morgan fingerprint density at radius 1 is 1.22 bits per heavy atom. The summed E-state index contributed by atoms with van der Waals surface area (Å²) in [5, 5.41) is 5.20. The van der Waals surface area contributed by atoms with Crippen molar-refractivity contribution in [3.63, 3.8) is 0 Å². The number of nitrogens with one attached hydrogen (secondary N) is 1. The second-order valence-corrected chi connectivity index (χ2v) is 6.28. The molecule has 0 aliphatic rings. The van der Waals surface area contributed by atoms with Gasteiger partial charge in [0.05, 0.1) is 11.9 Å². The number of thiophene rings is 1. The fourth-order valence-corrected chi connectivity index (χ4v) is 3.17. The Balaban J connectivity index is 1.88. The van der Waals surface area contributed by atoms with Crippen LogP contribution in [0.4, 0.5) is 0 Å². The average Bonchev–Trinajstić information content (AvgIpc) is 3.18. The van der Waals surface area contributed by atoms with E-state index in [1.807, 2.05) is 17.5 Å². The number of amides is 1. The van der Waals surface area contributed by atoms with Gasteiger partial charge >= 0.3 is 5.69 Å². The van der Waals surface area contributed by atoms with Crippen molar-refractivity contribution in [1.29, 1.82) is 0 Å². The van der Waals surface area contributed by atoms with E-state index in [9.17, 15) is 14.4 Å². The zero-order valence-corrected chi connectivity index (χ0v) is 13.6. The maximum absolute atomic E-state index is 12.1. The molecule has 0 aliphatic heterocycles. The lowest BCUT2D eigenvalue weighted by molar-refractivity contribution is -0.121. The van der Waals surface area contributed by atoms with Crippen molar-refractivity contribution in [3.8, 4) is 0 Å². The smallest absolute Gasteiger partial charge is 0.332 e. The number of aryl methyl sites for hydroxylation is 1. The number of fused-ring (bicyclic) bond motifs is 1. The number of carbonyl (C=O) groups is 1. The number of nitrogens with zero attached hydrogens (tertiary/aromatic N) is 3. The summed E-state index contributed by atoms with van der Waals surface area (Å²) < 4.78 is 4.05. The Kier molecular flexibility index (Phi) is 3.91. The zero-order valence-electron chi connectivity index (χ0n) is 12.8. The van der Waals surface area contributed by atoms with Crippen LogP contribution in [0.5, 0.6) is 0 Å². The van der Waals surface area contributed by atoms with E-state index in [1.54, 1.807) is 35.2 Å². The van der Waals surface area contributed by atoms with Gasteiger partial charge < -0.3 is 9.88 Å². The first-order chi connectivity index (χ1) is 11.0. The van der Waals surface area contributed by atoms with Gasteiger partial charge in [0.1, 0.15) is 12.2 Å². The molecule has 0 saturated heterocycles. The molecule has 0 unspecified atom stereocenters. The van der Waals surface area contributed by atoms with Crippen LogP contribution in [0, 0.1) is 0 Å². The second kappa shape index (κ2) is 5.88. The van der Waals surface area contributed by atoms with E-state index in [1.165, 1.54) is 11.6 Å². The third kappa shape index (κ3) is 2.72. The van der Waals surface area contributed by atoms with Crippen molar-refractivity contribution in [3.05, 3.63) is 55.5 Å². The maximum atomic E-state index is 12.1. The van der Waals surface area contributed by atoms with Crippen LogP contribution in [0.25, 0.3) is 11.0 Å². The van der Waals surface area contributed by atoms with Crippen LogP contribution in [0.1, 0.15) is 4.88 Å². The first-order valence-corrected chi connectivity index (χ1v) is 7.91. The van der Waals surface area contributed by atoms with E-state index in [0.29, 0.717) is 17.6 Å². The maximum Gasteiger partial charge on any atom is 0.332 e. The molecule has 0 bridgehead atoms. The van der Waals surface area contributed by atoms with Gasteiger partial charge in [0.2, 0.25) is 5.91 Å². The van der Waals surface area contributed by atoms with E-state index < -0.39 is 5.69 Å². The van der Waals surface area contributed by atoms with E-state index in [0.717, 1.165) is 9.44 Å². The van der Waals surface area contributed by atoms with Crippen molar-refractivity contribution in [2.45, 2.75) is 13.1 Å². The standard InChI is InChI=1S/C15H16N4O3S/c1-17-13-11(14(21)18(2)15(17)22)5-6-19(13)9-12(20)16-8-10-4-3-7-23-10/h3-7H,8-9H2,1-2H3,(H,16,20). The molecular formula is C15H16N4O3S. The van der Waals surface area contributed by atoms with Crippen molar-refractivity contribution in [1.82, 2.24) is 19.0 Å². The predicted octanol–water partition coefficient (Wildman–Crippen LogP) is 0.417. The second-order valence-electron chi connectivity index (χ2n) is 5.24. The largest absolute Gasteiger partial charge is 0.350 e. The van der Waals surface area contributed by atoms with Crippen molar-refractivity contribution < 1.29 is 4.79 Å². The minimum atomic E-state index is -0.415. The predicted molar refractivity (Wildman–Crippen MR) is 88.6 cm³/mol. The molecule has 3 aromatic heterocycles. The van der Waals surface area contributed by atoms with E-state index in [4.69, 9.17) is 0 Å². The number of rotatable bonds is 4. The average molecular weight is 332 g/mol. The Bertz CT molecular complexity index is 979. The Morgan fingerprint density at radius 3 is 2.70 bits per heavy atom. The van der Waals surface area contributed by atoms with E-state index in [2.05, 4.69) is 5.32 Å². The van der Waals surface area contributed by atoms with Crippen LogP contribution in [-0.2, 0) is 32.0 Å². The molecule has 1 N–H and O–H groups in total. The molecule has 0 saturated carbocycles. The van der Waals surface area contributed by atoms with Gasteiger partial charge in [0.25, 0.3) is 5.56 Å². The molecule has 0 aromatic carbocycles. The number of carbonyl (C=O) groups excluding carboxylic acids is 1. The number of aromatic nitrogens is 3. The van der Waals surface area contributed by atoms with Crippen LogP contribution in [-0.4, -0.2) is 19.6 Å². The summed E-state index contributed by atoms with van der Waals surface area (Å²) >= 11 is 1.57. The molecule has 3 aromatic rings. The van der Waals surface area contributed by atoms with Gasteiger partial charge in [-0.2, -0.15) is 0 Å². The molecule has 0 atom stereocenters. The fraction of sp³-hybridized carbons (Fsp3) is 0.267. The van der Waals surface area contributed by atoms with Crippen LogP contribution < -0.4 is 16.6 Å². The first kappa shape index (κ1) is 15.3. The summed E-state index contributed by atoms with van der Waals surface area (Å²) in [7, 11) is 3.03. The Morgan fingerprint density at radius 2 is 2.00 bits per heavy atom. The molecule has 0 radical (unpaired) electrons. The Hall–Kier alpha value is -2.61. The van der Waals surface area contributed by atoms with Crippen LogP contribution in [0.2, 0.25) is 0 Å². The highest BCUT2D eigenvalue weighted by Crippen LogP contribution is 2.10. The van der Waals surface area contributed by atoms with Gasteiger partial charge in [-0.05, 0) is 17.5 Å². The van der Waals surface area contributed by atoms with Gasteiger partial charge in [0.15, 0.2) is 0 Å². The van der Waals surface area contributed by atoms with Crippen LogP contribution >= 0.6 is 11.3 Å². The minimum absolute atomic E-state index is 0.0509. The van der Waals surface area contributed by atoms with Crippen LogP contribution in [0.3, 0.4) is 0 Å².